The molecular weight excluding hydrogens is 280 g/mol. The van der Waals surface area contributed by atoms with Gasteiger partial charge in [-0.15, -0.1) is 0 Å². The summed E-state index contributed by atoms with van der Waals surface area (Å²) in [5, 5.41) is 3.08. The molecular formula is C17H24N2O3. The lowest BCUT2D eigenvalue weighted by Gasteiger charge is -2.29. The van der Waals surface area contributed by atoms with Crippen LogP contribution in [0.2, 0.25) is 0 Å². The van der Waals surface area contributed by atoms with Crippen molar-refractivity contribution in [3.05, 3.63) is 29.8 Å². The molecule has 5 heteroatoms. The molecule has 1 saturated heterocycles. The zero-order chi connectivity index (χ0) is 16.1. The third kappa shape index (κ3) is 3.78. The van der Waals surface area contributed by atoms with Crippen molar-refractivity contribution in [1.82, 2.24) is 10.2 Å². The molecule has 22 heavy (non-hydrogen) atoms. The van der Waals surface area contributed by atoms with Gasteiger partial charge in [-0.05, 0) is 30.5 Å². The van der Waals surface area contributed by atoms with Crippen LogP contribution in [0.5, 0.6) is 5.75 Å². The summed E-state index contributed by atoms with van der Waals surface area (Å²) < 4.78 is 5.15. The first-order valence-electron chi connectivity index (χ1n) is 7.73. The summed E-state index contributed by atoms with van der Waals surface area (Å²) in [5.41, 5.74) is 1.05. The van der Waals surface area contributed by atoms with E-state index in [1.165, 1.54) is 0 Å². The molecule has 1 N–H and O–H groups in total. The highest BCUT2D eigenvalue weighted by molar-refractivity contribution is 5.87. The van der Waals surface area contributed by atoms with Crippen molar-refractivity contribution < 1.29 is 14.3 Å². The summed E-state index contributed by atoms with van der Waals surface area (Å²) in [6, 6.07) is 7.68. The minimum absolute atomic E-state index is 0.0240. The summed E-state index contributed by atoms with van der Waals surface area (Å²) in [6.45, 7) is 2.69. The number of nitrogens with zero attached hydrogens (tertiary/aromatic N) is 1. The van der Waals surface area contributed by atoms with Crippen LogP contribution in [0.3, 0.4) is 0 Å². The van der Waals surface area contributed by atoms with Crippen LogP contribution in [0, 0.1) is 5.92 Å². The smallest absolute Gasteiger partial charge is 0.224 e. The van der Waals surface area contributed by atoms with Crippen molar-refractivity contribution in [3.63, 3.8) is 0 Å². The first-order chi connectivity index (χ1) is 10.5. The summed E-state index contributed by atoms with van der Waals surface area (Å²) >= 11 is 0. The van der Waals surface area contributed by atoms with Crippen molar-refractivity contribution >= 4 is 11.8 Å². The van der Waals surface area contributed by atoms with Crippen LogP contribution in [-0.4, -0.2) is 37.4 Å². The van der Waals surface area contributed by atoms with Gasteiger partial charge in [-0.1, -0.05) is 19.1 Å². The number of hydrogen-bond donors (Lipinski definition) is 1. The molecule has 0 aromatic heterocycles. The molecule has 2 rings (SSSR count). The number of carbonyl (C=O) groups excluding carboxylic acids is 2. The number of piperidine rings is 1. The van der Waals surface area contributed by atoms with Gasteiger partial charge in [0.1, 0.15) is 5.75 Å². The van der Waals surface area contributed by atoms with Crippen molar-refractivity contribution in [2.45, 2.75) is 32.2 Å². The predicted molar refractivity (Wildman–Crippen MR) is 84.5 cm³/mol. The number of rotatable bonds is 5. The lowest BCUT2D eigenvalue weighted by molar-refractivity contribution is -0.139. The molecule has 1 aliphatic heterocycles. The second kappa shape index (κ2) is 7.29. The van der Waals surface area contributed by atoms with E-state index in [0.29, 0.717) is 13.0 Å². The van der Waals surface area contributed by atoms with Crippen LogP contribution in [0.15, 0.2) is 24.3 Å². The first-order valence-corrected chi connectivity index (χ1v) is 7.73. The van der Waals surface area contributed by atoms with Gasteiger partial charge >= 0.3 is 0 Å². The Kier molecular flexibility index (Phi) is 5.41. The molecule has 0 spiro atoms. The predicted octanol–water partition coefficient (Wildman–Crippen LogP) is 2.13. The molecule has 2 amide bonds. The molecule has 120 valence electrons. The van der Waals surface area contributed by atoms with E-state index >= 15 is 0 Å². The normalized spacial score (nSPS) is 19.7. The van der Waals surface area contributed by atoms with Crippen LogP contribution < -0.4 is 10.1 Å². The molecule has 1 fully saturated rings. The third-order valence-corrected chi connectivity index (χ3v) is 4.27. The maximum atomic E-state index is 12.4. The molecule has 0 unspecified atom stereocenters. The Morgan fingerprint density at radius 1 is 1.41 bits per heavy atom. The maximum Gasteiger partial charge on any atom is 0.224 e. The Balaban J connectivity index is 1.99. The Labute approximate surface area is 131 Å². The van der Waals surface area contributed by atoms with Gasteiger partial charge in [0.2, 0.25) is 11.8 Å². The van der Waals surface area contributed by atoms with Gasteiger partial charge in [-0.2, -0.15) is 0 Å². The summed E-state index contributed by atoms with van der Waals surface area (Å²) in [4.78, 5) is 25.8. The highest BCUT2D eigenvalue weighted by Gasteiger charge is 2.29. The highest BCUT2D eigenvalue weighted by Crippen LogP contribution is 2.23. The zero-order valence-electron chi connectivity index (χ0n) is 13.5. The molecule has 1 aromatic carbocycles. The van der Waals surface area contributed by atoms with Crippen molar-refractivity contribution in [2.75, 3.05) is 20.7 Å². The number of carbonyl (C=O) groups is 2. The van der Waals surface area contributed by atoms with Crippen LogP contribution in [0.4, 0.5) is 0 Å². The fourth-order valence-electron chi connectivity index (χ4n) is 2.71. The molecule has 5 nitrogen and oxygen atoms in total. The van der Waals surface area contributed by atoms with E-state index in [1.54, 1.807) is 19.1 Å². The second-order valence-corrected chi connectivity index (χ2v) is 5.75. The van der Waals surface area contributed by atoms with Gasteiger partial charge in [0.25, 0.3) is 0 Å². The van der Waals surface area contributed by atoms with Gasteiger partial charge in [0.05, 0.1) is 13.2 Å². The van der Waals surface area contributed by atoms with E-state index in [0.717, 1.165) is 24.2 Å². The molecule has 1 heterocycles. The van der Waals surface area contributed by atoms with Gasteiger partial charge in [-0.25, -0.2) is 0 Å². The quantitative estimate of drug-likeness (QED) is 0.906. The van der Waals surface area contributed by atoms with Crippen molar-refractivity contribution in [1.29, 1.82) is 0 Å². The van der Waals surface area contributed by atoms with E-state index in [-0.39, 0.29) is 23.8 Å². The number of methoxy groups -OCH3 is 1. The van der Waals surface area contributed by atoms with Gasteiger partial charge in [0, 0.05) is 25.9 Å². The number of hydrogen-bond acceptors (Lipinski definition) is 3. The minimum Gasteiger partial charge on any atom is -0.497 e. The lowest BCUT2D eigenvalue weighted by Crippen LogP contribution is -2.42. The number of nitrogens with one attached hydrogen (secondary N) is 1. The fraction of sp³-hybridized carbons (Fsp3) is 0.529. The Bertz CT molecular complexity index is 527. The molecule has 0 radical (unpaired) electrons. The van der Waals surface area contributed by atoms with E-state index in [2.05, 4.69) is 5.32 Å². The van der Waals surface area contributed by atoms with Gasteiger partial charge in [-0.3, -0.25) is 9.59 Å². The van der Waals surface area contributed by atoms with Crippen molar-refractivity contribution in [3.8, 4) is 5.75 Å². The Morgan fingerprint density at radius 2 is 2.09 bits per heavy atom. The molecule has 0 saturated carbocycles. The number of amides is 2. The monoisotopic (exact) mass is 304 g/mol. The second-order valence-electron chi connectivity index (χ2n) is 5.75. The van der Waals surface area contributed by atoms with Crippen LogP contribution in [0.1, 0.15) is 37.8 Å². The van der Waals surface area contributed by atoms with Crippen LogP contribution in [0.25, 0.3) is 0 Å². The SMILES string of the molecule is CC[C@@H](NC(=O)[C@@H]1CCN(C)C(=O)C1)c1ccc(OC)cc1. The summed E-state index contributed by atoms with van der Waals surface area (Å²) in [5.74, 6) is 0.606. The van der Waals surface area contributed by atoms with Crippen LogP contribution in [-0.2, 0) is 9.59 Å². The number of likely N-dealkylation sites (tertiary alicyclic amines) is 1. The lowest BCUT2D eigenvalue weighted by atomic mass is 9.94. The first kappa shape index (κ1) is 16.3. The molecule has 0 aliphatic carbocycles. The Hall–Kier alpha value is -2.04. The maximum absolute atomic E-state index is 12.4. The van der Waals surface area contributed by atoms with E-state index < -0.39 is 0 Å². The van der Waals surface area contributed by atoms with E-state index in [1.807, 2.05) is 31.2 Å². The molecule has 1 aromatic rings. The van der Waals surface area contributed by atoms with Crippen molar-refractivity contribution in [2.24, 2.45) is 5.92 Å². The fourth-order valence-corrected chi connectivity index (χ4v) is 2.71. The largest absolute Gasteiger partial charge is 0.497 e. The molecule has 1 aliphatic rings. The Morgan fingerprint density at radius 3 is 2.64 bits per heavy atom. The summed E-state index contributed by atoms with van der Waals surface area (Å²) in [6.07, 6.45) is 1.84. The third-order valence-electron chi connectivity index (χ3n) is 4.27. The summed E-state index contributed by atoms with van der Waals surface area (Å²) in [7, 11) is 3.41. The number of benzene rings is 1. The van der Waals surface area contributed by atoms with E-state index in [4.69, 9.17) is 4.74 Å². The van der Waals surface area contributed by atoms with Crippen LogP contribution >= 0.6 is 0 Å². The van der Waals surface area contributed by atoms with Gasteiger partial charge in [0.15, 0.2) is 0 Å². The number of ether oxygens (including phenoxy) is 1. The average Bonchev–Trinajstić information content (AvgIpc) is 2.55. The van der Waals surface area contributed by atoms with Gasteiger partial charge < -0.3 is 15.0 Å². The molecule has 0 bridgehead atoms. The average molecular weight is 304 g/mol. The topological polar surface area (TPSA) is 58.6 Å². The van der Waals surface area contributed by atoms with E-state index in [9.17, 15) is 9.59 Å². The minimum atomic E-state index is -0.212. The molecule has 2 atom stereocenters. The standard InChI is InChI=1S/C17H24N2O3/c1-4-15(12-5-7-14(22-3)8-6-12)18-17(21)13-9-10-19(2)16(20)11-13/h5-8,13,15H,4,9-11H2,1-3H3,(H,18,21)/t13-,15-/m1/s1. The highest BCUT2D eigenvalue weighted by atomic mass is 16.5. The zero-order valence-corrected chi connectivity index (χ0v) is 13.5.